The fraction of sp³-hybridized carbons (Fsp3) is 0.750. The van der Waals surface area contributed by atoms with E-state index in [0.29, 0.717) is 30.0 Å². The molecule has 0 aromatic heterocycles. The van der Waals surface area contributed by atoms with Gasteiger partial charge in [0.1, 0.15) is 5.78 Å². The lowest BCUT2D eigenvalue weighted by molar-refractivity contribution is -0.121. The molecular formula is C20H32O2. The van der Waals surface area contributed by atoms with Crippen LogP contribution >= 0.6 is 0 Å². The number of aliphatic hydroxyl groups is 1. The first-order chi connectivity index (χ1) is 10.2. The third kappa shape index (κ3) is 4.10. The highest BCUT2D eigenvalue weighted by atomic mass is 16.3. The Bertz CT molecular complexity index is 484. The van der Waals surface area contributed by atoms with Gasteiger partial charge in [-0.3, -0.25) is 4.79 Å². The van der Waals surface area contributed by atoms with E-state index in [4.69, 9.17) is 0 Å². The van der Waals surface area contributed by atoms with Crippen molar-refractivity contribution < 1.29 is 9.90 Å². The van der Waals surface area contributed by atoms with Crippen molar-refractivity contribution in [3.63, 3.8) is 0 Å². The van der Waals surface area contributed by atoms with Crippen LogP contribution in [0.5, 0.6) is 0 Å². The standard InChI is InChI=1S/C20H32O2/c1-13-6-8-17-18(20(17,4)5)12-15(3)19(22)9-7-14(2)11-16(21)10-13/h7,10,15-18,21H,6,8-9,11-12H2,1-5H3/b13-10+,14-7+/t15-,16-,17-,18+/m1/s1. The van der Waals surface area contributed by atoms with Crippen LogP contribution in [0.25, 0.3) is 0 Å². The largest absolute Gasteiger partial charge is 0.389 e. The first kappa shape index (κ1) is 17.5. The number of fused-ring (bicyclic) bond motifs is 1. The Balaban J connectivity index is 2.14. The smallest absolute Gasteiger partial charge is 0.139 e. The number of ketones is 1. The minimum atomic E-state index is -0.422. The van der Waals surface area contributed by atoms with Gasteiger partial charge >= 0.3 is 0 Å². The summed E-state index contributed by atoms with van der Waals surface area (Å²) < 4.78 is 0. The van der Waals surface area contributed by atoms with Crippen molar-refractivity contribution in [3.05, 3.63) is 23.3 Å². The molecule has 1 saturated carbocycles. The molecule has 0 heterocycles. The normalized spacial score (nSPS) is 41.5. The Labute approximate surface area is 135 Å². The van der Waals surface area contributed by atoms with Gasteiger partial charge < -0.3 is 5.11 Å². The van der Waals surface area contributed by atoms with Crippen molar-refractivity contribution in [3.8, 4) is 0 Å². The van der Waals surface area contributed by atoms with Crippen molar-refractivity contribution in [1.29, 1.82) is 0 Å². The van der Waals surface area contributed by atoms with E-state index in [2.05, 4.69) is 27.7 Å². The van der Waals surface area contributed by atoms with Gasteiger partial charge in [-0.05, 0) is 56.8 Å². The van der Waals surface area contributed by atoms with Crippen LogP contribution in [0.3, 0.4) is 0 Å². The molecule has 0 aliphatic heterocycles. The van der Waals surface area contributed by atoms with Gasteiger partial charge in [0.2, 0.25) is 0 Å². The van der Waals surface area contributed by atoms with E-state index in [-0.39, 0.29) is 5.92 Å². The fourth-order valence-electron chi connectivity index (χ4n) is 4.15. The summed E-state index contributed by atoms with van der Waals surface area (Å²) in [6.07, 6.45) is 8.01. The summed E-state index contributed by atoms with van der Waals surface area (Å²) in [5, 5.41) is 10.2. The summed E-state index contributed by atoms with van der Waals surface area (Å²) in [4.78, 5) is 12.3. The third-order valence-electron chi connectivity index (χ3n) is 5.95. The predicted molar refractivity (Wildman–Crippen MR) is 91.5 cm³/mol. The zero-order valence-corrected chi connectivity index (χ0v) is 14.9. The fourth-order valence-corrected chi connectivity index (χ4v) is 4.15. The number of Topliss-reactive ketones (excluding diaryl/α,β-unsaturated/α-hetero) is 1. The predicted octanol–water partition coefficient (Wildman–Crippen LogP) is 4.68. The number of hydrogen-bond acceptors (Lipinski definition) is 2. The van der Waals surface area contributed by atoms with E-state index >= 15 is 0 Å². The number of aliphatic hydroxyl groups excluding tert-OH is 1. The highest BCUT2D eigenvalue weighted by molar-refractivity contribution is 5.82. The lowest BCUT2D eigenvalue weighted by atomic mass is 9.93. The Morgan fingerprint density at radius 3 is 2.55 bits per heavy atom. The van der Waals surface area contributed by atoms with Crippen molar-refractivity contribution in [2.24, 2.45) is 23.2 Å². The van der Waals surface area contributed by atoms with E-state index in [1.54, 1.807) is 0 Å². The molecule has 1 fully saturated rings. The highest BCUT2D eigenvalue weighted by Crippen LogP contribution is 2.63. The van der Waals surface area contributed by atoms with Crippen LogP contribution < -0.4 is 0 Å². The number of rotatable bonds is 0. The second kappa shape index (κ2) is 6.70. The minimum absolute atomic E-state index is 0.155. The molecule has 124 valence electrons. The quantitative estimate of drug-likeness (QED) is 0.660. The Morgan fingerprint density at radius 1 is 1.18 bits per heavy atom. The average molecular weight is 304 g/mol. The van der Waals surface area contributed by atoms with Crippen LogP contribution in [0.15, 0.2) is 23.3 Å². The van der Waals surface area contributed by atoms with Crippen molar-refractivity contribution in [2.75, 3.05) is 0 Å². The molecule has 0 spiro atoms. The van der Waals surface area contributed by atoms with E-state index < -0.39 is 6.10 Å². The molecule has 2 rings (SSSR count). The summed E-state index contributed by atoms with van der Waals surface area (Å²) >= 11 is 0. The van der Waals surface area contributed by atoms with Crippen LogP contribution in [-0.4, -0.2) is 17.0 Å². The molecule has 2 nitrogen and oxygen atoms in total. The summed E-state index contributed by atoms with van der Waals surface area (Å²) in [6.45, 7) is 10.9. The molecule has 0 radical (unpaired) electrons. The van der Waals surface area contributed by atoms with Crippen molar-refractivity contribution in [1.82, 2.24) is 0 Å². The van der Waals surface area contributed by atoms with E-state index in [0.717, 1.165) is 24.3 Å². The first-order valence-corrected chi connectivity index (χ1v) is 8.75. The second-order valence-corrected chi connectivity index (χ2v) is 8.22. The van der Waals surface area contributed by atoms with Crippen molar-refractivity contribution >= 4 is 5.78 Å². The Morgan fingerprint density at radius 2 is 1.86 bits per heavy atom. The molecule has 22 heavy (non-hydrogen) atoms. The molecule has 0 saturated heterocycles. The summed E-state index contributed by atoms with van der Waals surface area (Å²) in [5.41, 5.74) is 2.78. The lowest BCUT2D eigenvalue weighted by Gasteiger charge is -2.12. The van der Waals surface area contributed by atoms with Crippen LogP contribution in [0.1, 0.15) is 66.7 Å². The summed E-state index contributed by atoms with van der Waals surface area (Å²) in [7, 11) is 0. The number of hydrogen-bond donors (Lipinski definition) is 1. The van der Waals surface area contributed by atoms with Crippen molar-refractivity contribution in [2.45, 2.75) is 72.8 Å². The monoisotopic (exact) mass is 304 g/mol. The SMILES string of the molecule is C/C1=C\[C@@H](O)C/C(C)=C/CC(=O)[C@H](C)C[C@H]2[C@@H](CC1)C2(C)C. The lowest BCUT2D eigenvalue weighted by Crippen LogP contribution is -2.12. The van der Waals surface area contributed by atoms with E-state index in [1.165, 1.54) is 12.0 Å². The molecule has 0 amide bonds. The molecule has 0 bridgehead atoms. The van der Waals surface area contributed by atoms with Crippen LogP contribution in [0.2, 0.25) is 0 Å². The number of carbonyl (C=O) groups excluding carboxylic acids is 1. The van der Waals surface area contributed by atoms with Gasteiger partial charge in [0.15, 0.2) is 0 Å². The zero-order chi connectivity index (χ0) is 16.5. The highest BCUT2D eigenvalue weighted by Gasteiger charge is 2.56. The second-order valence-electron chi connectivity index (χ2n) is 8.22. The maximum Gasteiger partial charge on any atom is 0.139 e. The maximum atomic E-state index is 12.3. The minimum Gasteiger partial charge on any atom is -0.389 e. The van der Waals surface area contributed by atoms with Crippen LogP contribution in [0, 0.1) is 23.2 Å². The zero-order valence-electron chi connectivity index (χ0n) is 14.9. The summed E-state index contributed by atoms with van der Waals surface area (Å²) in [5.74, 6) is 1.91. The van der Waals surface area contributed by atoms with Gasteiger partial charge in [-0.1, -0.05) is 44.1 Å². The Kier molecular flexibility index (Phi) is 5.32. The maximum absolute atomic E-state index is 12.3. The first-order valence-electron chi connectivity index (χ1n) is 8.75. The van der Waals surface area contributed by atoms with Gasteiger partial charge in [0, 0.05) is 12.3 Å². The Hall–Kier alpha value is -0.890. The molecule has 1 N–H and O–H groups in total. The molecular weight excluding hydrogens is 272 g/mol. The molecule has 0 unspecified atom stereocenters. The van der Waals surface area contributed by atoms with Gasteiger partial charge in [-0.15, -0.1) is 0 Å². The van der Waals surface area contributed by atoms with E-state index in [1.807, 2.05) is 19.1 Å². The molecule has 0 aromatic carbocycles. The molecule has 0 aromatic rings. The number of allylic oxidation sites excluding steroid dienone is 2. The molecule has 2 aliphatic rings. The third-order valence-corrected chi connectivity index (χ3v) is 5.95. The molecule has 4 atom stereocenters. The van der Waals surface area contributed by atoms with E-state index in [9.17, 15) is 9.90 Å². The molecule has 2 heteroatoms. The van der Waals surface area contributed by atoms with Crippen LogP contribution in [0.4, 0.5) is 0 Å². The topological polar surface area (TPSA) is 37.3 Å². The van der Waals surface area contributed by atoms with Gasteiger partial charge in [-0.2, -0.15) is 0 Å². The summed E-state index contributed by atoms with van der Waals surface area (Å²) in [6, 6.07) is 0. The van der Waals surface area contributed by atoms with Gasteiger partial charge in [0.05, 0.1) is 6.10 Å². The average Bonchev–Trinajstić information content (AvgIpc) is 2.92. The van der Waals surface area contributed by atoms with Crippen LogP contribution in [-0.2, 0) is 4.79 Å². The number of carbonyl (C=O) groups is 1. The van der Waals surface area contributed by atoms with Gasteiger partial charge in [-0.25, -0.2) is 0 Å². The van der Waals surface area contributed by atoms with Gasteiger partial charge in [0.25, 0.3) is 0 Å². The molecule has 2 aliphatic carbocycles.